The van der Waals surface area contributed by atoms with Crippen LogP contribution in [0.25, 0.3) is 5.65 Å². The Bertz CT molecular complexity index is 814. The predicted molar refractivity (Wildman–Crippen MR) is 103 cm³/mol. The van der Waals surface area contributed by atoms with Gasteiger partial charge >= 0.3 is 0 Å². The smallest absolute Gasteiger partial charge is 0.272 e. The maximum Gasteiger partial charge on any atom is 0.272 e. The molecular weight excluding hydrogens is 358 g/mol. The highest BCUT2D eigenvalue weighted by atomic mass is 16.5. The highest BCUT2D eigenvalue weighted by molar-refractivity contribution is 5.93. The third-order valence-corrected chi connectivity index (χ3v) is 5.41. The standard InChI is InChI=1S/C20H27N5O3/c1-2-10-28-17-11-13(19(26)22-14-5-6-14)4-7-15(17)23-20(27)16-12-18-21-8-3-9-25(18)24-16/h3,8-9,12-15,17H,2,4-7,10-11H2,1H3,(H,22,26)(H,23,27)/t13-,15+,17+/m0/s1. The van der Waals surface area contributed by atoms with E-state index in [0.717, 1.165) is 25.7 Å². The molecule has 2 saturated carbocycles. The number of ether oxygens (including phenoxy) is 1. The predicted octanol–water partition coefficient (Wildman–Crippen LogP) is 1.70. The van der Waals surface area contributed by atoms with Gasteiger partial charge in [-0.25, -0.2) is 9.50 Å². The Morgan fingerprint density at radius 1 is 1.25 bits per heavy atom. The van der Waals surface area contributed by atoms with Crippen molar-refractivity contribution in [1.29, 1.82) is 0 Å². The molecule has 2 amide bonds. The normalized spacial score (nSPS) is 24.8. The number of carbonyl (C=O) groups is 2. The Balaban J connectivity index is 1.41. The Morgan fingerprint density at radius 3 is 2.86 bits per heavy atom. The number of nitrogens with zero attached hydrogens (tertiary/aromatic N) is 3. The maximum atomic E-state index is 12.7. The minimum atomic E-state index is -0.235. The number of fused-ring (bicyclic) bond motifs is 1. The number of hydrogen-bond acceptors (Lipinski definition) is 5. The average Bonchev–Trinajstić information content (AvgIpc) is 3.41. The molecule has 0 spiro atoms. The molecule has 2 fully saturated rings. The number of hydrogen-bond donors (Lipinski definition) is 2. The van der Waals surface area contributed by atoms with Gasteiger partial charge in [0.15, 0.2) is 11.3 Å². The van der Waals surface area contributed by atoms with Crippen LogP contribution in [0.1, 0.15) is 55.9 Å². The van der Waals surface area contributed by atoms with Crippen LogP contribution in [0.4, 0.5) is 0 Å². The number of rotatable bonds is 7. The molecule has 0 radical (unpaired) electrons. The van der Waals surface area contributed by atoms with Gasteiger partial charge in [-0.15, -0.1) is 0 Å². The van der Waals surface area contributed by atoms with E-state index in [4.69, 9.17) is 4.74 Å². The Kier molecular flexibility index (Phi) is 5.57. The van der Waals surface area contributed by atoms with Crippen molar-refractivity contribution < 1.29 is 14.3 Å². The molecule has 2 aliphatic carbocycles. The molecule has 2 aromatic rings. The van der Waals surface area contributed by atoms with Gasteiger partial charge in [0, 0.05) is 37.0 Å². The topological polar surface area (TPSA) is 97.6 Å². The fraction of sp³-hybridized carbons (Fsp3) is 0.600. The quantitative estimate of drug-likeness (QED) is 0.756. The second-order valence-corrected chi connectivity index (χ2v) is 7.73. The van der Waals surface area contributed by atoms with Crippen LogP contribution in [0.3, 0.4) is 0 Å². The first-order chi connectivity index (χ1) is 13.6. The zero-order valence-corrected chi connectivity index (χ0v) is 16.1. The monoisotopic (exact) mass is 385 g/mol. The lowest BCUT2D eigenvalue weighted by atomic mass is 9.83. The first-order valence-electron chi connectivity index (χ1n) is 10.2. The minimum absolute atomic E-state index is 0.0463. The van der Waals surface area contributed by atoms with E-state index >= 15 is 0 Å². The van der Waals surface area contributed by atoms with Gasteiger partial charge in [-0.1, -0.05) is 6.92 Å². The second-order valence-electron chi connectivity index (χ2n) is 7.73. The molecule has 2 heterocycles. The van der Waals surface area contributed by atoms with Gasteiger partial charge in [0.2, 0.25) is 5.91 Å². The third-order valence-electron chi connectivity index (χ3n) is 5.41. The van der Waals surface area contributed by atoms with Crippen LogP contribution < -0.4 is 10.6 Å². The van der Waals surface area contributed by atoms with Gasteiger partial charge < -0.3 is 15.4 Å². The fourth-order valence-corrected chi connectivity index (χ4v) is 3.72. The molecule has 0 saturated heterocycles. The Labute approximate surface area is 164 Å². The molecule has 3 atom stereocenters. The van der Waals surface area contributed by atoms with Crippen molar-refractivity contribution in [2.24, 2.45) is 5.92 Å². The molecule has 0 aromatic carbocycles. The summed E-state index contributed by atoms with van der Waals surface area (Å²) in [5.41, 5.74) is 0.966. The number of amides is 2. The van der Waals surface area contributed by atoms with Crippen LogP contribution in [0.15, 0.2) is 24.5 Å². The molecule has 0 bridgehead atoms. The minimum Gasteiger partial charge on any atom is -0.376 e. The van der Waals surface area contributed by atoms with Crippen LogP contribution in [-0.2, 0) is 9.53 Å². The largest absolute Gasteiger partial charge is 0.376 e. The van der Waals surface area contributed by atoms with Crippen molar-refractivity contribution in [3.05, 3.63) is 30.2 Å². The van der Waals surface area contributed by atoms with E-state index in [0.29, 0.717) is 36.8 Å². The third kappa shape index (κ3) is 4.32. The molecule has 2 aliphatic rings. The second kappa shape index (κ2) is 8.26. The molecule has 0 unspecified atom stereocenters. The first-order valence-corrected chi connectivity index (χ1v) is 10.2. The summed E-state index contributed by atoms with van der Waals surface area (Å²) in [5, 5.41) is 10.4. The van der Waals surface area contributed by atoms with Gasteiger partial charge in [-0.05, 0) is 44.6 Å². The highest BCUT2D eigenvalue weighted by Crippen LogP contribution is 2.29. The molecule has 2 N–H and O–H groups in total. The fourth-order valence-electron chi connectivity index (χ4n) is 3.72. The van der Waals surface area contributed by atoms with Crippen molar-refractivity contribution in [3.8, 4) is 0 Å². The van der Waals surface area contributed by atoms with Gasteiger partial charge in [-0.3, -0.25) is 9.59 Å². The number of nitrogens with one attached hydrogen (secondary N) is 2. The molecule has 150 valence electrons. The van der Waals surface area contributed by atoms with Crippen molar-refractivity contribution in [3.63, 3.8) is 0 Å². The molecule has 8 heteroatoms. The number of aromatic nitrogens is 3. The Hall–Kier alpha value is -2.48. The summed E-state index contributed by atoms with van der Waals surface area (Å²) >= 11 is 0. The van der Waals surface area contributed by atoms with Crippen LogP contribution in [0, 0.1) is 5.92 Å². The summed E-state index contributed by atoms with van der Waals surface area (Å²) in [5.74, 6) is -0.153. The maximum absolute atomic E-state index is 12.7. The zero-order valence-electron chi connectivity index (χ0n) is 16.1. The SMILES string of the molecule is CCCO[C@@H]1C[C@@H](C(=O)NC2CC2)CC[C@H]1NC(=O)c1cc2ncccn2n1. The summed E-state index contributed by atoms with van der Waals surface area (Å²) in [6.45, 7) is 2.67. The average molecular weight is 385 g/mol. The summed E-state index contributed by atoms with van der Waals surface area (Å²) in [6.07, 6.45) is 8.43. The van der Waals surface area contributed by atoms with E-state index in [-0.39, 0.29) is 29.9 Å². The van der Waals surface area contributed by atoms with Crippen molar-refractivity contribution in [2.75, 3.05) is 6.61 Å². The number of carbonyl (C=O) groups excluding carboxylic acids is 2. The van der Waals surface area contributed by atoms with Gasteiger partial charge in [-0.2, -0.15) is 5.10 Å². The molecular formula is C20H27N5O3. The molecule has 28 heavy (non-hydrogen) atoms. The summed E-state index contributed by atoms with van der Waals surface area (Å²) in [4.78, 5) is 29.4. The lowest BCUT2D eigenvalue weighted by molar-refractivity contribution is -0.128. The lowest BCUT2D eigenvalue weighted by Gasteiger charge is -2.35. The van der Waals surface area contributed by atoms with E-state index in [1.54, 1.807) is 29.0 Å². The molecule has 2 aromatic heterocycles. The van der Waals surface area contributed by atoms with Gasteiger partial charge in [0.25, 0.3) is 5.91 Å². The van der Waals surface area contributed by atoms with Crippen molar-refractivity contribution >= 4 is 17.5 Å². The van der Waals surface area contributed by atoms with E-state index < -0.39 is 0 Å². The highest BCUT2D eigenvalue weighted by Gasteiger charge is 2.37. The zero-order chi connectivity index (χ0) is 19.5. The van der Waals surface area contributed by atoms with Gasteiger partial charge in [0.05, 0.1) is 12.1 Å². The summed E-state index contributed by atoms with van der Waals surface area (Å²) < 4.78 is 7.59. The van der Waals surface area contributed by atoms with E-state index in [1.807, 2.05) is 0 Å². The van der Waals surface area contributed by atoms with Gasteiger partial charge in [0.1, 0.15) is 0 Å². The molecule has 8 nitrogen and oxygen atoms in total. The first kappa shape index (κ1) is 18.9. The van der Waals surface area contributed by atoms with Crippen LogP contribution in [0.5, 0.6) is 0 Å². The van der Waals surface area contributed by atoms with Crippen LogP contribution >= 0.6 is 0 Å². The molecule has 0 aliphatic heterocycles. The molecule has 4 rings (SSSR count). The lowest BCUT2D eigenvalue weighted by Crippen LogP contribution is -2.50. The van der Waals surface area contributed by atoms with Crippen LogP contribution in [0.2, 0.25) is 0 Å². The Morgan fingerprint density at radius 2 is 2.11 bits per heavy atom. The summed E-state index contributed by atoms with van der Waals surface area (Å²) in [6, 6.07) is 3.68. The summed E-state index contributed by atoms with van der Waals surface area (Å²) in [7, 11) is 0. The van der Waals surface area contributed by atoms with E-state index in [9.17, 15) is 9.59 Å². The van der Waals surface area contributed by atoms with Crippen LogP contribution in [-0.4, -0.2) is 51.2 Å². The van der Waals surface area contributed by atoms with E-state index in [1.165, 1.54) is 0 Å². The van der Waals surface area contributed by atoms with Crippen molar-refractivity contribution in [1.82, 2.24) is 25.2 Å². The van der Waals surface area contributed by atoms with E-state index in [2.05, 4.69) is 27.6 Å². The van der Waals surface area contributed by atoms with Crippen molar-refractivity contribution in [2.45, 2.75) is 63.6 Å².